The fourth-order valence-electron chi connectivity index (χ4n) is 2.56. The summed E-state index contributed by atoms with van der Waals surface area (Å²) in [5, 5.41) is 0. The molecule has 98 valence electrons. The molecule has 18 heavy (non-hydrogen) atoms. The standard InChI is InChI=1S/C15H17BrClF/c16-14-7-6-12(15(18)9-14)8-13(10-17)11-4-2-1-3-5-11/h6-9,11H,1-5,10H2. The van der Waals surface area contributed by atoms with Gasteiger partial charge in [0.1, 0.15) is 5.82 Å². The molecule has 0 heterocycles. The largest absolute Gasteiger partial charge is 0.206 e. The first-order valence-electron chi connectivity index (χ1n) is 6.42. The summed E-state index contributed by atoms with van der Waals surface area (Å²) >= 11 is 9.30. The second kappa shape index (κ2) is 6.72. The number of rotatable bonds is 3. The van der Waals surface area contributed by atoms with Gasteiger partial charge in [-0.3, -0.25) is 0 Å². The lowest BCUT2D eigenvalue weighted by Crippen LogP contribution is -2.10. The van der Waals surface area contributed by atoms with E-state index in [1.165, 1.54) is 43.7 Å². The number of allylic oxidation sites excluding steroid dienone is 1. The quantitative estimate of drug-likeness (QED) is 0.615. The third-order valence-corrected chi connectivity index (χ3v) is 4.39. The summed E-state index contributed by atoms with van der Waals surface area (Å²) in [7, 11) is 0. The average molecular weight is 332 g/mol. The number of halogens is 3. The molecule has 2 rings (SSSR count). The topological polar surface area (TPSA) is 0 Å². The van der Waals surface area contributed by atoms with Crippen LogP contribution in [0.4, 0.5) is 4.39 Å². The Kier molecular flexibility index (Phi) is 5.25. The second-order valence-electron chi connectivity index (χ2n) is 4.85. The van der Waals surface area contributed by atoms with Crippen LogP contribution in [0.1, 0.15) is 37.7 Å². The normalized spacial score (nSPS) is 18.1. The SMILES string of the molecule is Fc1cc(Br)ccc1C=C(CCl)C1CCCCC1. The molecular weight excluding hydrogens is 315 g/mol. The smallest absolute Gasteiger partial charge is 0.131 e. The van der Waals surface area contributed by atoms with Gasteiger partial charge in [0, 0.05) is 15.9 Å². The van der Waals surface area contributed by atoms with Gasteiger partial charge in [-0.1, -0.05) is 52.9 Å². The summed E-state index contributed by atoms with van der Waals surface area (Å²) in [6.45, 7) is 0. The van der Waals surface area contributed by atoms with E-state index in [1.54, 1.807) is 6.07 Å². The van der Waals surface area contributed by atoms with Crippen molar-refractivity contribution in [3.63, 3.8) is 0 Å². The van der Waals surface area contributed by atoms with Crippen molar-refractivity contribution in [1.29, 1.82) is 0 Å². The van der Waals surface area contributed by atoms with Gasteiger partial charge in [-0.05, 0) is 30.9 Å². The molecule has 0 saturated heterocycles. The van der Waals surface area contributed by atoms with Crippen molar-refractivity contribution in [2.45, 2.75) is 32.1 Å². The summed E-state index contributed by atoms with van der Waals surface area (Å²) < 4.78 is 14.6. The van der Waals surface area contributed by atoms with Crippen molar-refractivity contribution < 1.29 is 4.39 Å². The average Bonchev–Trinajstić information content (AvgIpc) is 2.39. The maximum absolute atomic E-state index is 13.8. The molecule has 0 radical (unpaired) electrons. The molecule has 1 aliphatic carbocycles. The summed E-state index contributed by atoms with van der Waals surface area (Å²) in [6.07, 6.45) is 8.17. The number of benzene rings is 1. The Morgan fingerprint density at radius 2 is 2.06 bits per heavy atom. The highest BCUT2D eigenvalue weighted by Crippen LogP contribution is 2.32. The zero-order valence-corrected chi connectivity index (χ0v) is 12.6. The summed E-state index contributed by atoms with van der Waals surface area (Å²) in [5.74, 6) is 0.849. The van der Waals surface area contributed by atoms with Crippen LogP contribution in [-0.2, 0) is 0 Å². The Labute approximate surface area is 121 Å². The zero-order valence-electron chi connectivity index (χ0n) is 10.3. The molecule has 1 aromatic rings. The molecule has 0 unspecified atom stereocenters. The van der Waals surface area contributed by atoms with E-state index in [4.69, 9.17) is 11.6 Å². The molecule has 0 spiro atoms. The highest BCUT2D eigenvalue weighted by Gasteiger charge is 2.17. The van der Waals surface area contributed by atoms with Gasteiger partial charge in [-0.25, -0.2) is 4.39 Å². The van der Waals surface area contributed by atoms with Gasteiger partial charge in [-0.2, -0.15) is 0 Å². The van der Waals surface area contributed by atoms with Crippen molar-refractivity contribution in [3.8, 4) is 0 Å². The maximum Gasteiger partial charge on any atom is 0.131 e. The van der Waals surface area contributed by atoms with E-state index < -0.39 is 0 Å². The van der Waals surface area contributed by atoms with Crippen LogP contribution in [0.3, 0.4) is 0 Å². The molecular formula is C15H17BrClF. The molecule has 0 amide bonds. The highest BCUT2D eigenvalue weighted by atomic mass is 79.9. The lowest BCUT2D eigenvalue weighted by atomic mass is 9.83. The van der Waals surface area contributed by atoms with Crippen molar-refractivity contribution in [1.82, 2.24) is 0 Å². The monoisotopic (exact) mass is 330 g/mol. The van der Waals surface area contributed by atoms with Crippen molar-refractivity contribution in [3.05, 3.63) is 39.6 Å². The lowest BCUT2D eigenvalue weighted by molar-refractivity contribution is 0.405. The molecule has 1 saturated carbocycles. The van der Waals surface area contributed by atoms with Gasteiger partial charge >= 0.3 is 0 Å². The minimum atomic E-state index is -0.192. The van der Waals surface area contributed by atoms with Gasteiger partial charge in [0.15, 0.2) is 0 Å². The predicted molar refractivity (Wildman–Crippen MR) is 79.4 cm³/mol. The van der Waals surface area contributed by atoms with Gasteiger partial charge in [0.25, 0.3) is 0 Å². The molecule has 0 aliphatic heterocycles. The van der Waals surface area contributed by atoms with E-state index >= 15 is 0 Å². The minimum absolute atomic E-state index is 0.192. The third kappa shape index (κ3) is 3.58. The maximum atomic E-state index is 13.8. The van der Waals surface area contributed by atoms with E-state index in [9.17, 15) is 4.39 Å². The van der Waals surface area contributed by atoms with Crippen LogP contribution in [0.25, 0.3) is 6.08 Å². The summed E-state index contributed by atoms with van der Waals surface area (Å²) in [4.78, 5) is 0. The van der Waals surface area contributed by atoms with Gasteiger partial charge in [-0.15, -0.1) is 11.6 Å². The number of alkyl halides is 1. The van der Waals surface area contributed by atoms with Crippen molar-refractivity contribution in [2.24, 2.45) is 5.92 Å². The summed E-state index contributed by atoms with van der Waals surface area (Å²) in [5.41, 5.74) is 1.82. The Morgan fingerprint density at radius 3 is 2.67 bits per heavy atom. The lowest BCUT2D eigenvalue weighted by Gasteiger charge is -2.23. The van der Waals surface area contributed by atoms with Crippen LogP contribution < -0.4 is 0 Å². The Morgan fingerprint density at radius 1 is 1.33 bits per heavy atom. The zero-order chi connectivity index (χ0) is 13.0. The number of hydrogen-bond donors (Lipinski definition) is 0. The van der Waals surface area contributed by atoms with Crippen LogP contribution in [0, 0.1) is 11.7 Å². The molecule has 0 bridgehead atoms. The van der Waals surface area contributed by atoms with Gasteiger partial charge in [0.05, 0.1) is 0 Å². The van der Waals surface area contributed by atoms with E-state index in [2.05, 4.69) is 15.9 Å². The second-order valence-corrected chi connectivity index (χ2v) is 6.04. The van der Waals surface area contributed by atoms with Crippen LogP contribution >= 0.6 is 27.5 Å². The Hall–Kier alpha value is -0.340. The minimum Gasteiger partial charge on any atom is -0.206 e. The first-order chi connectivity index (χ1) is 8.70. The van der Waals surface area contributed by atoms with Crippen LogP contribution in [0.15, 0.2) is 28.2 Å². The molecule has 3 heteroatoms. The molecule has 0 N–H and O–H groups in total. The molecule has 0 aromatic heterocycles. The van der Waals surface area contributed by atoms with Crippen LogP contribution in [0.5, 0.6) is 0 Å². The highest BCUT2D eigenvalue weighted by molar-refractivity contribution is 9.10. The Bertz CT molecular complexity index is 436. The van der Waals surface area contributed by atoms with Gasteiger partial charge < -0.3 is 0 Å². The first-order valence-corrected chi connectivity index (χ1v) is 7.75. The van der Waals surface area contributed by atoms with Crippen LogP contribution in [0.2, 0.25) is 0 Å². The molecule has 1 aliphatic rings. The molecule has 0 nitrogen and oxygen atoms in total. The molecule has 1 fully saturated rings. The van der Waals surface area contributed by atoms with E-state index in [0.717, 1.165) is 4.47 Å². The first kappa shape index (κ1) is 14.1. The van der Waals surface area contributed by atoms with Crippen LogP contribution in [-0.4, -0.2) is 5.88 Å². The van der Waals surface area contributed by atoms with E-state index in [-0.39, 0.29) is 5.82 Å². The van der Waals surface area contributed by atoms with E-state index in [0.29, 0.717) is 17.4 Å². The summed E-state index contributed by atoms with van der Waals surface area (Å²) in [6, 6.07) is 5.16. The Balaban J connectivity index is 2.22. The molecule has 0 atom stereocenters. The van der Waals surface area contributed by atoms with E-state index in [1.807, 2.05) is 12.1 Å². The predicted octanol–water partition coefficient (Wildman–Crippen LogP) is 5.79. The van der Waals surface area contributed by atoms with Crippen molar-refractivity contribution in [2.75, 3.05) is 5.88 Å². The van der Waals surface area contributed by atoms with Crippen molar-refractivity contribution >= 4 is 33.6 Å². The third-order valence-electron chi connectivity index (χ3n) is 3.59. The molecule has 1 aromatic carbocycles. The fraction of sp³-hybridized carbons (Fsp3) is 0.467. The fourth-order valence-corrected chi connectivity index (χ4v) is 3.19. The van der Waals surface area contributed by atoms with Gasteiger partial charge in [0.2, 0.25) is 0 Å². The number of hydrogen-bond acceptors (Lipinski definition) is 0.